The molecule has 144 valence electrons. The van der Waals surface area contributed by atoms with Gasteiger partial charge in [0.1, 0.15) is 17.6 Å². The molecule has 1 unspecified atom stereocenters. The van der Waals surface area contributed by atoms with Gasteiger partial charge in [0, 0.05) is 32.5 Å². The monoisotopic (exact) mass is 378 g/mol. The third-order valence-electron chi connectivity index (χ3n) is 5.03. The van der Waals surface area contributed by atoms with Crippen LogP contribution in [0.2, 0.25) is 0 Å². The lowest BCUT2D eigenvalue weighted by atomic mass is 10.0. The van der Waals surface area contributed by atoms with E-state index in [1.165, 1.54) is 0 Å². The minimum atomic E-state index is -0.581. The number of likely N-dealkylation sites (N-methyl/N-ethyl adjacent to an activating group) is 1. The van der Waals surface area contributed by atoms with Gasteiger partial charge >= 0.3 is 0 Å². The maximum atomic E-state index is 12.8. The number of nitrogens with one attached hydrogen (secondary N) is 1. The minimum Gasteiger partial charge on any atom is -0.339 e. The van der Waals surface area contributed by atoms with Gasteiger partial charge in [-0.05, 0) is 18.4 Å². The van der Waals surface area contributed by atoms with Crippen molar-refractivity contribution < 1.29 is 9.59 Å². The Labute approximate surface area is 162 Å². The third-order valence-corrected chi connectivity index (χ3v) is 5.03. The van der Waals surface area contributed by atoms with Crippen LogP contribution >= 0.6 is 0 Å². The molecule has 3 heterocycles. The fraction of sp³-hybridized carbons (Fsp3) is 0.350. The summed E-state index contributed by atoms with van der Waals surface area (Å²) in [5.41, 5.74) is 2.33. The first-order valence-electron chi connectivity index (χ1n) is 9.38. The van der Waals surface area contributed by atoms with E-state index in [1.54, 1.807) is 28.9 Å². The van der Waals surface area contributed by atoms with Crippen molar-refractivity contribution >= 4 is 29.1 Å². The lowest BCUT2D eigenvalue weighted by Crippen LogP contribution is -2.50. The number of aryl methyl sites for hydroxylation is 1. The Kier molecular flexibility index (Phi) is 5.01. The van der Waals surface area contributed by atoms with Gasteiger partial charge in [-0.3, -0.25) is 14.5 Å². The first kappa shape index (κ1) is 18.1. The molecule has 0 saturated carbocycles. The summed E-state index contributed by atoms with van der Waals surface area (Å²) < 4.78 is 1.81. The fourth-order valence-electron chi connectivity index (χ4n) is 3.52. The zero-order valence-electron chi connectivity index (χ0n) is 15.7. The van der Waals surface area contributed by atoms with Crippen LogP contribution in [0.4, 0.5) is 5.82 Å². The van der Waals surface area contributed by atoms with Gasteiger partial charge in [0.05, 0.1) is 11.9 Å². The first-order valence-corrected chi connectivity index (χ1v) is 9.38. The molecule has 0 aliphatic carbocycles. The number of carbonyl (C=O) groups excluding carboxylic acids is 2. The van der Waals surface area contributed by atoms with E-state index >= 15 is 0 Å². The molecule has 1 aromatic heterocycles. The molecule has 8 nitrogen and oxygen atoms in total. The summed E-state index contributed by atoms with van der Waals surface area (Å²) in [6.45, 7) is 0.706. The summed E-state index contributed by atoms with van der Waals surface area (Å²) in [7, 11) is 1.70. The summed E-state index contributed by atoms with van der Waals surface area (Å²) in [5, 5.41) is 15.3. The molecule has 0 radical (unpaired) electrons. The van der Waals surface area contributed by atoms with E-state index in [0.717, 1.165) is 23.5 Å². The number of amides is 2. The second-order valence-electron chi connectivity index (χ2n) is 7.03. The van der Waals surface area contributed by atoms with E-state index in [2.05, 4.69) is 20.6 Å². The molecule has 28 heavy (non-hydrogen) atoms. The van der Waals surface area contributed by atoms with Crippen molar-refractivity contribution in [2.45, 2.75) is 38.3 Å². The molecule has 1 N–H and O–H groups in total. The second-order valence-corrected chi connectivity index (χ2v) is 7.03. The molecule has 2 aromatic rings. The van der Waals surface area contributed by atoms with E-state index < -0.39 is 6.04 Å². The smallest absolute Gasteiger partial charge is 0.268 e. The van der Waals surface area contributed by atoms with Crippen molar-refractivity contribution in [3.8, 4) is 0 Å². The average molecular weight is 378 g/mol. The van der Waals surface area contributed by atoms with Gasteiger partial charge in [-0.1, -0.05) is 30.3 Å². The number of aromatic nitrogens is 2. The first-order chi connectivity index (χ1) is 13.6. The predicted octanol–water partition coefficient (Wildman–Crippen LogP) is 1.57. The molecular formula is C20H22N6O2. The highest BCUT2D eigenvalue weighted by molar-refractivity contribution is 6.43. The Bertz CT molecular complexity index is 947. The summed E-state index contributed by atoms with van der Waals surface area (Å²) in [6.07, 6.45) is 4.05. The fourth-order valence-corrected chi connectivity index (χ4v) is 3.52. The Balaban J connectivity index is 1.37. The van der Waals surface area contributed by atoms with Gasteiger partial charge < -0.3 is 5.32 Å². The van der Waals surface area contributed by atoms with E-state index in [9.17, 15) is 9.59 Å². The van der Waals surface area contributed by atoms with E-state index in [4.69, 9.17) is 0 Å². The highest BCUT2D eigenvalue weighted by Gasteiger charge is 2.30. The third kappa shape index (κ3) is 3.71. The van der Waals surface area contributed by atoms with Gasteiger partial charge in [-0.15, -0.1) is 5.10 Å². The van der Waals surface area contributed by atoms with Crippen LogP contribution in [0, 0.1) is 0 Å². The van der Waals surface area contributed by atoms with E-state index in [1.807, 2.05) is 30.3 Å². The van der Waals surface area contributed by atoms with Crippen LogP contribution in [0.1, 0.15) is 24.8 Å². The molecular weight excluding hydrogens is 356 g/mol. The molecule has 0 spiro atoms. The quantitative estimate of drug-likeness (QED) is 0.875. The number of nitrogens with zero attached hydrogens (tertiary/aromatic N) is 5. The zero-order chi connectivity index (χ0) is 19.5. The highest BCUT2D eigenvalue weighted by atomic mass is 16.2. The number of rotatable bonds is 4. The molecule has 2 aliphatic heterocycles. The largest absolute Gasteiger partial charge is 0.339 e. The van der Waals surface area contributed by atoms with Gasteiger partial charge in [0.2, 0.25) is 5.91 Å². The number of anilines is 1. The highest BCUT2D eigenvalue weighted by Crippen LogP contribution is 2.19. The molecule has 1 aromatic carbocycles. The van der Waals surface area contributed by atoms with E-state index in [-0.39, 0.29) is 11.8 Å². The van der Waals surface area contributed by atoms with Crippen molar-refractivity contribution in [3.05, 3.63) is 48.2 Å². The van der Waals surface area contributed by atoms with Crippen LogP contribution in [0.25, 0.3) is 0 Å². The van der Waals surface area contributed by atoms with Crippen molar-refractivity contribution in [3.63, 3.8) is 0 Å². The van der Waals surface area contributed by atoms with Crippen molar-refractivity contribution in [2.24, 2.45) is 10.2 Å². The Morgan fingerprint density at radius 3 is 2.86 bits per heavy atom. The number of hydrogen-bond acceptors (Lipinski definition) is 5. The number of benzene rings is 1. The van der Waals surface area contributed by atoms with Crippen molar-refractivity contribution in [2.75, 3.05) is 11.9 Å². The number of fused-ring (bicyclic) bond motifs is 1. The van der Waals surface area contributed by atoms with Crippen LogP contribution in [-0.4, -0.2) is 46.1 Å². The molecule has 1 atom stereocenters. The number of hydrogen-bond donors (Lipinski definition) is 1. The van der Waals surface area contributed by atoms with Crippen LogP contribution < -0.4 is 10.2 Å². The van der Waals surface area contributed by atoms with Crippen LogP contribution in [0.3, 0.4) is 0 Å². The SMILES string of the molecule is CN1C(=O)C(NC(=O)C2=NN=C(Cc3ccccc3)C2)CCCn2nccc21. The number of carbonyl (C=O) groups is 2. The Hall–Kier alpha value is -3.29. The van der Waals surface area contributed by atoms with Gasteiger partial charge in [0.25, 0.3) is 5.91 Å². The lowest BCUT2D eigenvalue weighted by Gasteiger charge is -2.27. The summed E-state index contributed by atoms with van der Waals surface area (Å²) in [4.78, 5) is 27.0. The van der Waals surface area contributed by atoms with Gasteiger partial charge in [0.15, 0.2) is 0 Å². The average Bonchev–Trinajstić information content (AvgIpc) is 3.35. The van der Waals surface area contributed by atoms with Crippen LogP contribution in [-0.2, 0) is 22.6 Å². The predicted molar refractivity (Wildman–Crippen MR) is 106 cm³/mol. The normalized spacial score (nSPS) is 19.4. The maximum absolute atomic E-state index is 12.8. The Morgan fingerprint density at radius 1 is 1.21 bits per heavy atom. The van der Waals surface area contributed by atoms with Gasteiger partial charge in [-0.25, -0.2) is 4.68 Å². The summed E-state index contributed by atoms with van der Waals surface area (Å²) in [6, 6.07) is 11.2. The molecule has 4 rings (SSSR count). The topological polar surface area (TPSA) is 92.0 Å². The molecule has 8 heteroatoms. The minimum absolute atomic E-state index is 0.154. The molecule has 0 saturated heterocycles. The van der Waals surface area contributed by atoms with Gasteiger partial charge in [-0.2, -0.15) is 10.2 Å². The van der Waals surface area contributed by atoms with Crippen molar-refractivity contribution in [1.82, 2.24) is 15.1 Å². The van der Waals surface area contributed by atoms with Crippen LogP contribution in [0.5, 0.6) is 0 Å². The molecule has 0 fully saturated rings. The molecule has 2 amide bonds. The second kappa shape index (κ2) is 7.75. The lowest BCUT2D eigenvalue weighted by molar-refractivity contribution is -0.124. The molecule has 2 aliphatic rings. The summed E-state index contributed by atoms with van der Waals surface area (Å²) in [5.74, 6) is 0.252. The van der Waals surface area contributed by atoms with Crippen LogP contribution in [0.15, 0.2) is 52.8 Å². The maximum Gasteiger partial charge on any atom is 0.268 e. The summed E-state index contributed by atoms with van der Waals surface area (Å²) >= 11 is 0. The van der Waals surface area contributed by atoms with Crippen molar-refractivity contribution in [1.29, 1.82) is 0 Å². The van der Waals surface area contributed by atoms with E-state index in [0.29, 0.717) is 31.5 Å². The molecule has 0 bridgehead atoms. The standard InChI is InChI=1S/C20H22N6O2/c1-25-18-9-10-21-26(18)11-5-8-16(20(25)28)22-19(27)17-13-15(23-24-17)12-14-6-3-2-4-7-14/h2-4,6-7,9-10,16H,5,8,11-13H2,1H3,(H,22,27). The Morgan fingerprint density at radius 2 is 2.04 bits per heavy atom. The zero-order valence-corrected chi connectivity index (χ0v) is 15.7.